The smallest absolute Gasteiger partial charge is 0.335 e. The van der Waals surface area contributed by atoms with Crippen LogP contribution in [0.4, 0.5) is 10.5 Å². The van der Waals surface area contributed by atoms with E-state index in [-0.39, 0.29) is 5.57 Å². The number of aryl methyl sites for hydroxylation is 1. The number of anilines is 1. The molecule has 1 aliphatic rings. The van der Waals surface area contributed by atoms with Gasteiger partial charge >= 0.3 is 6.03 Å². The van der Waals surface area contributed by atoms with E-state index in [9.17, 15) is 14.4 Å². The first-order valence-electron chi connectivity index (χ1n) is 8.91. The molecule has 1 fully saturated rings. The summed E-state index contributed by atoms with van der Waals surface area (Å²) in [5.41, 5.74) is 1.20. The SMILES string of the molecule is CCCOc1ccc(Cl)cc1/C=C1\C(=O)NC(=O)N(c2cc(Cl)ccc2C)C1=O. The van der Waals surface area contributed by atoms with Crippen molar-refractivity contribution in [3.05, 3.63) is 63.1 Å². The fourth-order valence-electron chi connectivity index (χ4n) is 2.83. The lowest BCUT2D eigenvalue weighted by Gasteiger charge is -2.27. The van der Waals surface area contributed by atoms with Gasteiger partial charge in [-0.2, -0.15) is 0 Å². The molecule has 0 aromatic heterocycles. The van der Waals surface area contributed by atoms with Crippen molar-refractivity contribution >= 4 is 52.8 Å². The first-order chi connectivity index (χ1) is 13.8. The molecule has 0 radical (unpaired) electrons. The fraction of sp³-hybridized carbons (Fsp3) is 0.190. The molecule has 0 saturated carbocycles. The van der Waals surface area contributed by atoms with Gasteiger partial charge in [-0.25, -0.2) is 9.69 Å². The molecule has 29 heavy (non-hydrogen) atoms. The second-order valence-corrected chi connectivity index (χ2v) is 7.29. The summed E-state index contributed by atoms with van der Waals surface area (Å²) in [6.07, 6.45) is 2.15. The first kappa shape index (κ1) is 20.9. The molecular formula is C21H18Cl2N2O4. The summed E-state index contributed by atoms with van der Waals surface area (Å²) in [5.74, 6) is -1.07. The maximum atomic E-state index is 13.1. The van der Waals surface area contributed by atoms with E-state index in [4.69, 9.17) is 27.9 Å². The maximum absolute atomic E-state index is 13.1. The lowest BCUT2D eigenvalue weighted by Crippen LogP contribution is -2.54. The number of hydrogen-bond acceptors (Lipinski definition) is 4. The van der Waals surface area contributed by atoms with Crippen LogP contribution in [0.25, 0.3) is 6.08 Å². The third-order valence-corrected chi connectivity index (χ3v) is 4.72. The van der Waals surface area contributed by atoms with Gasteiger partial charge in [0.15, 0.2) is 0 Å². The molecule has 150 valence electrons. The van der Waals surface area contributed by atoms with Gasteiger partial charge in [0.2, 0.25) is 0 Å². The topological polar surface area (TPSA) is 75.7 Å². The van der Waals surface area contributed by atoms with E-state index in [1.165, 1.54) is 12.1 Å². The Labute approximate surface area is 178 Å². The zero-order valence-electron chi connectivity index (χ0n) is 15.8. The van der Waals surface area contributed by atoms with Crippen molar-refractivity contribution in [1.29, 1.82) is 0 Å². The Bertz CT molecular complexity index is 1030. The van der Waals surface area contributed by atoms with Crippen LogP contribution in [0, 0.1) is 6.92 Å². The van der Waals surface area contributed by atoms with E-state index < -0.39 is 17.8 Å². The molecule has 3 rings (SSSR count). The van der Waals surface area contributed by atoms with E-state index in [2.05, 4.69) is 5.32 Å². The molecule has 8 heteroatoms. The quantitative estimate of drug-likeness (QED) is 0.545. The number of benzene rings is 2. The lowest BCUT2D eigenvalue weighted by molar-refractivity contribution is -0.122. The molecule has 1 saturated heterocycles. The summed E-state index contributed by atoms with van der Waals surface area (Å²) in [5, 5.41) is 2.97. The number of barbiturate groups is 1. The van der Waals surface area contributed by atoms with Crippen molar-refractivity contribution < 1.29 is 19.1 Å². The minimum Gasteiger partial charge on any atom is -0.493 e. The lowest BCUT2D eigenvalue weighted by atomic mass is 10.0. The predicted octanol–water partition coefficient (Wildman–Crippen LogP) is 4.76. The average Bonchev–Trinajstić information content (AvgIpc) is 2.67. The molecule has 0 aliphatic carbocycles. The number of ether oxygens (including phenoxy) is 1. The van der Waals surface area contributed by atoms with Crippen molar-refractivity contribution in [2.24, 2.45) is 0 Å². The number of amides is 4. The first-order valence-corrected chi connectivity index (χ1v) is 9.67. The highest BCUT2D eigenvalue weighted by Crippen LogP contribution is 2.30. The molecule has 0 spiro atoms. The van der Waals surface area contributed by atoms with Gasteiger partial charge < -0.3 is 4.74 Å². The number of urea groups is 1. The molecule has 0 bridgehead atoms. The summed E-state index contributed by atoms with van der Waals surface area (Å²) in [6.45, 7) is 4.16. The zero-order valence-corrected chi connectivity index (χ0v) is 17.3. The Morgan fingerprint density at radius 1 is 1.07 bits per heavy atom. The average molecular weight is 433 g/mol. The van der Waals surface area contributed by atoms with Gasteiger partial charge in [0, 0.05) is 15.6 Å². The van der Waals surface area contributed by atoms with Crippen LogP contribution < -0.4 is 15.0 Å². The number of nitrogens with zero attached hydrogens (tertiary/aromatic N) is 1. The number of rotatable bonds is 5. The molecule has 6 nitrogen and oxygen atoms in total. The van der Waals surface area contributed by atoms with Crippen molar-refractivity contribution in [3.8, 4) is 5.75 Å². The third-order valence-electron chi connectivity index (χ3n) is 4.25. The Hall–Kier alpha value is -2.83. The second-order valence-electron chi connectivity index (χ2n) is 6.42. The van der Waals surface area contributed by atoms with Crippen molar-refractivity contribution in [2.75, 3.05) is 11.5 Å². The fourth-order valence-corrected chi connectivity index (χ4v) is 3.18. The van der Waals surface area contributed by atoms with Crippen LogP contribution in [-0.2, 0) is 9.59 Å². The van der Waals surface area contributed by atoms with Crippen LogP contribution in [0.5, 0.6) is 5.75 Å². The van der Waals surface area contributed by atoms with E-state index in [0.717, 1.165) is 11.3 Å². The number of carbonyl (C=O) groups is 3. The van der Waals surface area contributed by atoms with Crippen LogP contribution in [0.1, 0.15) is 24.5 Å². The predicted molar refractivity (Wildman–Crippen MR) is 112 cm³/mol. The van der Waals surface area contributed by atoms with E-state index in [0.29, 0.717) is 39.2 Å². The Balaban J connectivity index is 2.07. The van der Waals surface area contributed by atoms with Gasteiger partial charge in [0.1, 0.15) is 11.3 Å². The number of hydrogen-bond donors (Lipinski definition) is 1. The number of carbonyl (C=O) groups excluding carboxylic acids is 3. The van der Waals surface area contributed by atoms with Gasteiger partial charge in [-0.3, -0.25) is 14.9 Å². The van der Waals surface area contributed by atoms with E-state index in [1.807, 2.05) is 6.92 Å². The maximum Gasteiger partial charge on any atom is 0.335 e. The Kier molecular flexibility index (Phi) is 6.25. The standard InChI is InChI=1S/C21H18Cl2N2O4/c1-3-8-29-18-7-6-14(22)9-13(18)10-16-19(26)24-21(28)25(20(16)27)17-11-15(23)5-4-12(17)2/h4-7,9-11H,3,8H2,1-2H3,(H,24,26,28)/b16-10+. The molecule has 1 aliphatic heterocycles. The highest BCUT2D eigenvalue weighted by Gasteiger charge is 2.37. The van der Waals surface area contributed by atoms with Gasteiger partial charge in [-0.05, 0) is 55.3 Å². The summed E-state index contributed by atoms with van der Waals surface area (Å²) in [6, 6.07) is 8.91. The summed E-state index contributed by atoms with van der Waals surface area (Å²) < 4.78 is 5.68. The third kappa shape index (κ3) is 4.44. The zero-order chi connectivity index (χ0) is 21.1. The van der Waals surface area contributed by atoms with E-state index >= 15 is 0 Å². The molecule has 1 N–H and O–H groups in total. The van der Waals surface area contributed by atoms with Crippen molar-refractivity contribution in [3.63, 3.8) is 0 Å². The molecule has 2 aromatic carbocycles. The molecule has 0 atom stereocenters. The minimum absolute atomic E-state index is 0.215. The van der Waals surface area contributed by atoms with Gasteiger partial charge in [0.05, 0.1) is 12.3 Å². The molecular weight excluding hydrogens is 415 g/mol. The van der Waals surface area contributed by atoms with Crippen LogP contribution in [0.3, 0.4) is 0 Å². The number of halogens is 2. The van der Waals surface area contributed by atoms with Gasteiger partial charge in [-0.1, -0.05) is 36.2 Å². The van der Waals surface area contributed by atoms with Crippen LogP contribution in [0.15, 0.2) is 42.0 Å². The largest absolute Gasteiger partial charge is 0.493 e. The van der Waals surface area contributed by atoms with Crippen LogP contribution >= 0.6 is 23.2 Å². The van der Waals surface area contributed by atoms with Crippen molar-refractivity contribution in [1.82, 2.24) is 5.32 Å². The summed E-state index contributed by atoms with van der Waals surface area (Å²) in [7, 11) is 0. The molecule has 2 aromatic rings. The van der Waals surface area contributed by atoms with E-state index in [1.54, 1.807) is 37.3 Å². The van der Waals surface area contributed by atoms with Crippen LogP contribution in [0.2, 0.25) is 10.0 Å². The molecule has 4 amide bonds. The number of imide groups is 2. The van der Waals surface area contributed by atoms with Gasteiger partial charge in [0.25, 0.3) is 11.8 Å². The van der Waals surface area contributed by atoms with Crippen molar-refractivity contribution in [2.45, 2.75) is 20.3 Å². The Morgan fingerprint density at radius 3 is 2.48 bits per heavy atom. The summed E-state index contributed by atoms with van der Waals surface area (Å²) in [4.78, 5) is 38.8. The highest BCUT2D eigenvalue weighted by molar-refractivity contribution is 6.40. The molecule has 0 unspecified atom stereocenters. The van der Waals surface area contributed by atoms with Gasteiger partial charge in [-0.15, -0.1) is 0 Å². The minimum atomic E-state index is -0.837. The Morgan fingerprint density at radius 2 is 1.76 bits per heavy atom. The number of nitrogens with one attached hydrogen (secondary N) is 1. The normalized spacial score (nSPS) is 15.7. The second kappa shape index (κ2) is 8.68. The molecule has 1 heterocycles. The highest BCUT2D eigenvalue weighted by atomic mass is 35.5. The monoisotopic (exact) mass is 432 g/mol. The van der Waals surface area contributed by atoms with Crippen LogP contribution in [-0.4, -0.2) is 24.5 Å². The summed E-state index contributed by atoms with van der Waals surface area (Å²) >= 11 is 12.1.